The summed E-state index contributed by atoms with van der Waals surface area (Å²) >= 11 is 0. The number of hydrogen-bond acceptors (Lipinski definition) is 3. The van der Waals surface area contributed by atoms with Gasteiger partial charge in [-0.2, -0.15) is 5.10 Å². The summed E-state index contributed by atoms with van der Waals surface area (Å²) in [6.45, 7) is 7.01. The molecule has 6 heteroatoms. The number of H-pyrrole nitrogens is 1. The highest BCUT2D eigenvalue weighted by Gasteiger charge is 2.21. The Labute approximate surface area is 166 Å². The van der Waals surface area contributed by atoms with Gasteiger partial charge in [-0.3, -0.25) is 9.89 Å². The highest BCUT2D eigenvalue weighted by molar-refractivity contribution is 5.79. The van der Waals surface area contributed by atoms with E-state index in [-0.39, 0.29) is 0 Å². The lowest BCUT2D eigenvalue weighted by molar-refractivity contribution is -0.131. The minimum atomic E-state index is 0.318. The molecule has 0 bridgehead atoms. The number of rotatable bonds is 5. The van der Waals surface area contributed by atoms with E-state index in [1.165, 1.54) is 11.9 Å². The molecule has 1 unspecified atom stereocenters. The third kappa shape index (κ3) is 4.11. The molecule has 3 aromatic rings. The molecule has 1 aliphatic rings. The maximum atomic E-state index is 12.4. The van der Waals surface area contributed by atoms with Crippen LogP contribution in [-0.4, -0.2) is 43.6 Å². The summed E-state index contributed by atoms with van der Waals surface area (Å²) in [6, 6.07) is 6.30. The number of nitrogens with zero attached hydrogens (tertiary/aromatic N) is 4. The van der Waals surface area contributed by atoms with Gasteiger partial charge in [-0.25, -0.2) is 4.98 Å². The Morgan fingerprint density at radius 2 is 2.14 bits per heavy atom. The second-order valence-corrected chi connectivity index (χ2v) is 8.33. The fraction of sp³-hybridized carbons (Fsp3) is 0.500. The number of aromatic nitrogens is 4. The zero-order chi connectivity index (χ0) is 19.5. The summed E-state index contributed by atoms with van der Waals surface area (Å²) < 4.78 is 2.32. The number of carbonyl (C=O) groups is 1. The van der Waals surface area contributed by atoms with Crippen molar-refractivity contribution < 1.29 is 4.79 Å². The molecular weight excluding hydrogens is 350 g/mol. The number of nitrogens with one attached hydrogen (secondary N) is 1. The maximum Gasteiger partial charge on any atom is 0.222 e. The molecule has 1 fully saturated rings. The van der Waals surface area contributed by atoms with Gasteiger partial charge in [-0.1, -0.05) is 13.8 Å². The topological polar surface area (TPSA) is 66.8 Å². The van der Waals surface area contributed by atoms with Crippen LogP contribution in [0.3, 0.4) is 0 Å². The third-order valence-electron chi connectivity index (χ3n) is 5.66. The summed E-state index contributed by atoms with van der Waals surface area (Å²) in [6.07, 6.45) is 9.80. The van der Waals surface area contributed by atoms with Crippen molar-refractivity contribution in [2.75, 3.05) is 13.1 Å². The molecular formula is C22H29N5O. The van der Waals surface area contributed by atoms with E-state index in [9.17, 15) is 4.79 Å². The van der Waals surface area contributed by atoms with Gasteiger partial charge < -0.3 is 9.47 Å². The van der Waals surface area contributed by atoms with Crippen LogP contribution in [0.5, 0.6) is 0 Å². The van der Waals surface area contributed by atoms with Crippen LogP contribution < -0.4 is 0 Å². The molecule has 148 valence electrons. The van der Waals surface area contributed by atoms with Crippen LogP contribution in [0.1, 0.15) is 39.5 Å². The van der Waals surface area contributed by atoms with Crippen molar-refractivity contribution in [3.05, 3.63) is 36.8 Å². The minimum absolute atomic E-state index is 0.318. The first-order chi connectivity index (χ1) is 13.6. The monoisotopic (exact) mass is 379 g/mol. The van der Waals surface area contributed by atoms with Crippen LogP contribution >= 0.6 is 0 Å². The molecule has 1 atom stereocenters. The van der Waals surface area contributed by atoms with Crippen LogP contribution in [0.15, 0.2) is 36.8 Å². The molecule has 6 nitrogen and oxygen atoms in total. The SMILES string of the molecule is CC(C)CC(=O)N1CCCC(Cn2ccc3nc(-c4cn[nH]c4)ccc32)CC1. The Morgan fingerprint density at radius 1 is 1.25 bits per heavy atom. The number of likely N-dealkylation sites (tertiary alicyclic amines) is 1. The summed E-state index contributed by atoms with van der Waals surface area (Å²) in [5.41, 5.74) is 4.13. The molecule has 28 heavy (non-hydrogen) atoms. The lowest BCUT2D eigenvalue weighted by Crippen LogP contribution is -2.32. The van der Waals surface area contributed by atoms with Crippen LogP contribution in [-0.2, 0) is 11.3 Å². The Morgan fingerprint density at radius 3 is 2.93 bits per heavy atom. The number of hydrogen-bond donors (Lipinski definition) is 1. The summed E-state index contributed by atoms with van der Waals surface area (Å²) in [5, 5.41) is 6.85. The van der Waals surface area contributed by atoms with Gasteiger partial charge in [0.1, 0.15) is 0 Å². The summed E-state index contributed by atoms with van der Waals surface area (Å²) in [5.74, 6) is 1.34. The molecule has 4 rings (SSSR count). The van der Waals surface area contributed by atoms with Crippen molar-refractivity contribution in [3.63, 3.8) is 0 Å². The van der Waals surface area contributed by atoms with Gasteiger partial charge in [0.15, 0.2) is 0 Å². The number of fused-ring (bicyclic) bond motifs is 1. The standard InChI is InChI=1S/C22H29N5O/c1-16(2)12-22(28)26-9-3-4-17(7-10-26)15-27-11-8-20-21(27)6-5-19(25-20)18-13-23-24-14-18/h5-6,8,11,13-14,16-17H,3-4,7,9-10,12,15H2,1-2H3,(H,23,24). The predicted octanol–water partition coefficient (Wildman–Crippen LogP) is 4.10. The lowest BCUT2D eigenvalue weighted by Gasteiger charge is -2.22. The lowest BCUT2D eigenvalue weighted by atomic mass is 10.0. The molecule has 0 aromatic carbocycles. The van der Waals surface area contributed by atoms with Gasteiger partial charge in [0.2, 0.25) is 5.91 Å². The second-order valence-electron chi connectivity index (χ2n) is 8.33. The molecule has 0 aliphatic carbocycles. The van der Waals surface area contributed by atoms with Gasteiger partial charge in [-0.05, 0) is 49.3 Å². The molecule has 1 aliphatic heterocycles. The largest absolute Gasteiger partial charge is 0.346 e. The molecule has 0 saturated carbocycles. The van der Waals surface area contributed by atoms with E-state index in [0.29, 0.717) is 24.2 Å². The number of pyridine rings is 1. The van der Waals surface area contributed by atoms with Crippen molar-refractivity contribution in [3.8, 4) is 11.3 Å². The summed E-state index contributed by atoms with van der Waals surface area (Å²) in [7, 11) is 0. The van der Waals surface area contributed by atoms with E-state index in [1.807, 2.05) is 6.20 Å². The molecule has 3 aromatic heterocycles. The number of carbonyl (C=O) groups excluding carboxylic acids is 1. The third-order valence-corrected chi connectivity index (χ3v) is 5.66. The van der Waals surface area contributed by atoms with E-state index in [0.717, 1.165) is 49.2 Å². The maximum absolute atomic E-state index is 12.4. The van der Waals surface area contributed by atoms with Crippen molar-refractivity contribution in [2.24, 2.45) is 11.8 Å². The van der Waals surface area contributed by atoms with Crippen molar-refractivity contribution in [1.29, 1.82) is 0 Å². The minimum Gasteiger partial charge on any atom is -0.346 e. The Balaban J connectivity index is 1.43. The predicted molar refractivity (Wildman–Crippen MR) is 111 cm³/mol. The molecule has 0 radical (unpaired) electrons. The highest BCUT2D eigenvalue weighted by atomic mass is 16.2. The molecule has 1 N–H and O–H groups in total. The summed E-state index contributed by atoms with van der Waals surface area (Å²) in [4.78, 5) is 19.2. The van der Waals surface area contributed by atoms with Crippen molar-refractivity contribution in [2.45, 2.75) is 46.1 Å². The van der Waals surface area contributed by atoms with E-state index < -0.39 is 0 Å². The van der Waals surface area contributed by atoms with Gasteiger partial charge >= 0.3 is 0 Å². The first kappa shape index (κ1) is 18.7. The average molecular weight is 380 g/mol. The Bertz CT molecular complexity index is 928. The van der Waals surface area contributed by atoms with Crippen LogP contribution in [0, 0.1) is 11.8 Å². The zero-order valence-corrected chi connectivity index (χ0v) is 16.8. The highest BCUT2D eigenvalue weighted by Crippen LogP contribution is 2.25. The Hall–Kier alpha value is -2.63. The molecule has 4 heterocycles. The van der Waals surface area contributed by atoms with Gasteiger partial charge in [0.05, 0.1) is 22.9 Å². The van der Waals surface area contributed by atoms with E-state index in [2.05, 4.69) is 57.9 Å². The van der Waals surface area contributed by atoms with E-state index in [4.69, 9.17) is 4.98 Å². The first-order valence-electron chi connectivity index (χ1n) is 10.3. The molecule has 0 spiro atoms. The van der Waals surface area contributed by atoms with E-state index in [1.54, 1.807) is 6.20 Å². The normalized spacial score (nSPS) is 18.0. The van der Waals surface area contributed by atoms with Gasteiger partial charge in [-0.15, -0.1) is 0 Å². The quantitative estimate of drug-likeness (QED) is 0.726. The van der Waals surface area contributed by atoms with Crippen LogP contribution in [0.25, 0.3) is 22.3 Å². The average Bonchev–Trinajstić information content (AvgIpc) is 3.27. The van der Waals surface area contributed by atoms with E-state index >= 15 is 0 Å². The second kappa shape index (κ2) is 8.17. The van der Waals surface area contributed by atoms with Crippen LogP contribution in [0.4, 0.5) is 0 Å². The smallest absolute Gasteiger partial charge is 0.222 e. The van der Waals surface area contributed by atoms with Gasteiger partial charge in [0, 0.05) is 44.0 Å². The zero-order valence-electron chi connectivity index (χ0n) is 16.8. The fourth-order valence-electron chi connectivity index (χ4n) is 4.14. The molecule has 1 amide bonds. The molecule has 1 saturated heterocycles. The number of aromatic amines is 1. The first-order valence-corrected chi connectivity index (χ1v) is 10.3. The fourth-order valence-corrected chi connectivity index (χ4v) is 4.14. The van der Waals surface area contributed by atoms with Crippen LogP contribution in [0.2, 0.25) is 0 Å². The van der Waals surface area contributed by atoms with Gasteiger partial charge in [0.25, 0.3) is 0 Å². The Kier molecular flexibility index (Phi) is 5.46. The van der Waals surface area contributed by atoms with Crippen molar-refractivity contribution in [1.82, 2.24) is 24.6 Å². The number of amides is 1. The van der Waals surface area contributed by atoms with Crippen molar-refractivity contribution >= 4 is 16.9 Å².